The molecular formula is C29H21F2N5O4. The average Bonchev–Trinajstić information content (AvgIpc) is 3.71. The number of carbonyl (C=O) groups excluding carboxylic acids is 2. The Kier molecular flexibility index (Phi) is 6.31. The molecule has 9 nitrogen and oxygen atoms in total. The molecule has 1 saturated carbocycles. The van der Waals surface area contributed by atoms with E-state index in [1.807, 2.05) is 0 Å². The molecule has 1 aliphatic rings. The Morgan fingerprint density at radius 1 is 0.950 bits per heavy atom. The van der Waals surface area contributed by atoms with Crippen molar-refractivity contribution in [1.29, 1.82) is 0 Å². The molecule has 2 amide bonds. The minimum absolute atomic E-state index is 0.0484. The van der Waals surface area contributed by atoms with E-state index in [0.29, 0.717) is 22.9 Å². The van der Waals surface area contributed by atoms with Crippen molar-refractivity contribution in [2.45, 2.75) is 12.8 Å². The van der Waals surface area contributed by atoms with E-state index in [9.17, 15) is 23.2 Å². The summed E-state index contributed by atoms with van der Waals surface area (Å²) in [5.74, 6) is -1.27. The van der Waals surface area contributed by atoms with Crippen LogP contribution < -0.4 is 20.9 Å². The number of nitrogens with one attached hydrogen (secondary N) is 2. The zero-order chi connectivity index (χ0) is 27.8. The van der Waals surface area contributed by atoms with Gasteiger partial charge in [0.25, 0.3) is 11.5 Å². The maximum absolute atomic E-state index is 14.9. The summed E-state index contributed by atoms with van der Waals surface area (Å²) in [6, 6.07) is 15.3. The fourth-order valence-electron chi connectivity index (χ4n) is 4.12. The second-order valence-corrected chi connectivity index (χ2v) is 9.29. The first-order valence-corrected chi connectivity index (χ1v) is 12.4. The van der Waals surface area contributed by atoms with Crippen LogP contribution in [0.15, 0.2) is 90.1 Å². The van der Waals surface area contributed by atoms with Gasteiger partial charge in [-0.2, -0.15) is 0 Å². The van der Waals surface area contributed by atoms with Crippen LogP contribution in [-0.2, 0) is 4.79 Å². The third-order valence-electron chi connectivity index (χ3n) is 6.34. The summed E-state index contributed by atoms with van der Waals surface area (Å²) in [6.07, 6.45) is 6.48. The zero-order valence-electron chi connectivity index (χ0n) is 20.8. The largest absolute Gasteiger partial charge is 0.453 e. The summed E-state index contributed by atoms with van der Waals surface area (Å²) in [4.78, 5) is 42.0. The Morgan fingerprint density at radius 2 is 1.75 bits per heavy atom. The Morgan fingerprint density at radius 3 is 2.50 bits per heavy atom. The highest BCUT2D eigenvalue weighted by Gasteiger charge is 2.30. The lowest BCUT2D eigenvalue weighted by Crippen LogP contribution is -2.27. The van der Waals surface area contributed by atoms with Crippen molar-refractivity contribution >= 4 is 29.0 Å². The topological polar surface area (TPSA) is 107 Å². The van der Waals surface area contributed by atoms with Crippen LogP contribution in [0.2, 0.25) is 0 Å². The molecule has 0 saturated heterocycles. The van der Waals surface area contributed by atoms with Gasteiger partial charge in [0.05, 0.1) is 12.4 Å². The van der Waals surface area contributed by atoms with Crippen molar-refractivity contribution in [2.24, 2.45) is 5.92 Å². The maximum atomic E-state index is 14.9. The van der Waals surface area contributed by atoms with Gasteiger partial charge in [-0.25, -0.2) is 13.8 Å². The third kappa shape index (κ3) is 5.17. The van der Waals surface area contributed by atoms with E-state index in [0.717, 1.165) is 18.9 Å². The molecule has 3 heterocycles. The van der Waals surface area contributed by atoms with Gasteiger partial charge in [-0.3, -0.25) is 19.0 Å². The van der Waals surface area contributed by atoms with Crippen molar-refractivity contribution in [3.8, 4) is 17.2 Å². The lowest BCUT2D eigenvalue weighted by Gasteiger charge is -2.11. The van der Waals surface area contributed by atoms with Crippen LogP contribution in [0.25, 0.3) is 11.3 Å². The van der Waals surface area contributed by atoms with E-state index in [1.165, 1.54) is 59.3 Å². The summed E-state index contributed by atoms with van der Waals surface area (Å²) in [5, 5.41) is 5.30. The van der Waals surface area contributed by atoms with Crippen LogP contribution in [0, 0.1) is 17.6 Å². The first kappa shape index (κ1) is 25.0. The summed E-state index contributed by atoms with van der Waals surface area (Å²) >= 11 is 0. The van der Waals surface area contributed by atoms with Crippen LogP contribution in [0.5, 0.6) is 11.5 Å². The molecule has 0 radical (unpaired) electrons. The SMILES string of the molecule is O=C(Nc1ccc(Oc2ccc3nc(NC(=O)C4CC4)cn3c2)c(F)c1)c1cccn(-c2ccc(F)cc2)c1=O. The number of carbonyl (C=O) groups is 2. The number of aromatic nitrogens is 3. The number of ether oxygens (including phenoxy) is 1. The van der Waals surface area contributed by atoms with E-state index >= 15 is 0 Å². The van der Waals surface area contributed by atoms with E-state index in [4.69, 9.17) is 4.74 Å². The Balaban J connectivity index is 1.16. The number of benzene rings is 2. The number of pyridine rings is 2. The van der Waals surface area contributed by atoms with Gasteiger partial charge >= 0.3 is 0 Å². The van der Waals surface area contributed by atoms with Gasteiger partial charge in [-0.05, 0) is 73.5 Å². The quantitative estimate of drug-likeness (QED) is 0.296. The number of hydrogen-bond donors (Lipinski definition) is 2. The Bertz CT molecular complexity index is 1830. The minimum atomic E-state index is -0.738. The van der Waals surface area contributed by atoms with E-state index in [-0.39, 0.29) is 28.8 Å². The van der Waals surface area contributed by atoms with Crippen molar-refractivity contribution in [3.05, 3.63) is 113 Å². The van der Waals surface area contributed by atoms with Gasteiger partial charge in [0.1, 0.15) is 22.8 Å². The molecule has 0 aliphatic heterocycles. The predicted octanol–water partition coefficient (Wildman–Crippen LogP) is 5.16. The molecule has 11 heteroatoms. The number of imidazole rings is 1. The standard InChI is InChI=1S/C29H21F2N5O4/c30-18-5-8-20(9-6-18)36-13-1-2-22(29(36)39)28(38)32-19-7-11-24(23(31)14-19)40-21-10-12-26-33-25(16-35(26)15-21)34-27(37)17-3-4-17/h1-2,5-17H,3-4H2,(H,32,38)(H,34,37). The summed E-state index contributed by atoms with van der Waals surface area (Å²) < 4.78 is 36.7. The lowest BCUT2D eigenvalue weighted by molar-refractivity contribution is -0.117. The van der Waals surface area contributed by atoms with Gasteiger partial charge in [-0.1, -0.05) is 0 Å². The van der Waals surface area contributed by atoms with Crippen molar-refractivity contribution in [1.82, 2.24) is 14.0 Å². The fraction of sp³-hybridized carbons (Fsp3) is 0.103. The highest BCUT2D eigenvalue weighted by molar-refractivity contribution is 6.04. The number of anilines is 2. The highest BCUT2D eigenvalue weighted by atomic mass is 19.1. The monoisotopic (exact) mass is 541 g/mol. The molecule has 2 N–H and O–H groups in total. The number of nitrogens with zero attached hydrogens (tertiary/aromatic N) is 3. The highest BCUT2D eigenvalue weighted by Crippen LogP contribution is 2.31. The molecule has 40 heavy (non-hydrogen) atoms. The smallest absolute Gasteiger partial charge is 0.267 e. The molecule has 1 aliphatic carbocycles. The summed E-state index contributed by atoms with van der Waals surface area (Å²) in [6.45, 7) is 0. The molecule has 0 bridgehead atoms. The van der Waals surface area contributed by atoms with Crippen LogP contribution in [0.4, 0.5) is 20.3 Å². The molecule has 0 atom stereocenters. The van der Waals surface area contributed by atoms with E-state index in [1.54, 1.807) is 28.9 Å². The first-order chi connectivity index (χ1) is 19.3. The van der Waals surface area contributed by atoms with E-state index in [2.05, 4.69) is 15.6 Å². The molecule has 0 spiro atoms. The summed E-state index contributed by atoms with van der Waals surface area (Å²) in [5.41, 5.74) is 0.303. The predicted molar refractivity (Wildman–Crippen MR) is 143 cm³/mol. The fourth-order valence-corrected chi connectivity index (χ4v) is 4.12. The van der Waals surface area contributed by atoms with Crippen molar-refractivity contribution in [2.75, 3.05) is 10.6 Å². The number of fused-ring (bicyclic) bond motifs is 1. The van der Waals surface area contributed by atoms with Crippen molar-refractivity contribution in [3.63, 3.8) is 0 Å². The van der Waals surface area contributed by atoms with Gasteiger partial charge in [-0.15, -0.1) is 0 Å². The molecule has 0 unspecified atom stereocenters. The molecular weight excluding hydrogens is 520 g/mol. The van der Waals surface area contributed by atoms with Crippen LogP contribution in [0.1, 0.15) is 23.2 Å². The van der Waals surface area contributed by atoms with Crippen LogP contribution >= 0.6 is 0 Å². The molecule has 5 aromatic rings. The summed E-state index contributed by atoms with van der Waals surface area (Å²) in [7, 11) is 0. The molecule has 6 rings (SSSR count). The van der Waals surface area contributed by atoms with Crippen LogP contribution in [-0.4, -0.2) is 25.8 Å². The van der Waals surface area contributed by atoms with Crippen LogP contribution in [0.3, 0.4) is 0 Å². The number of amides is 2. The molecule has 200 valence electrons. The number of hydrogen-bond acceptors (Lipinski definition) is 5. The average molecular weight is 542 g/mol. The zero-order valence-corrected chi connectivity index (χ0v) is 20.8. The Hall–Kier alpha value is -5.32. The normalized spacial score (nSPS) is 12.8. The molecule has 1 fully saturated rings. The molecule has 2 aromatic carbocycles. The third-order valence-corrected chi connectivity index (χ3v) is 6.34. The second kappa shape index (κ2) is 10.1. The number of rotatable bonds is 7. The van der Waals surface area contributed by atoms with Gasteiger partial charge < -0.3 is 19.8 Å². The van der Waals surface area contributed by atoms with Gasteiger partial charge in [0, 0.05) is 29.6 Å². The van der Waals surface area contributed by atoms with Crippen molar-refractivity contribution < 1.29 is 23.1 Å². The first-order valence-electron chi connectivity index (χ1n) is 12.4. The minimum Gasteiger partial charge on any atom is -0.453 e. The molecule has 3 aromatic heterocycles. The Labute approximate surface area is 225 Å². The lowest BCUT2D eigenvalue weighted by atomic mass is 10.2. The number of halogens is 2. The van der Waals surface area contributed by atoms with E-state index < -0.39 is 23.1 Å². The van der Waals surface area contributed by atoms with Gasteiger partial charge in [0.2, 0.25) is 5.91 Å². The maximum Gasteiger partial charge on any atom is 0.267 e. The second-order valence-electron chi connectivity index (χ2n) is 9.29. The van der Waals surface area contributed by atoms with Gasteiger partial charge in [0.15, 0.2) is 17.4 Å².